The molecule has 1 aliphatic rings. The summed E-state index contributed by atoms with van der Waals surface area (Å²) in [6, 6.07) is 36.4. The highest BCUT2D eigenvalue weighted by Gasteiger charge is 2.40. The lowest BCUT2D eigenvalue weighted by molar-refractivity contribution is 0.431. The van der Waals surface area contributed by atoms with E-state index in [1.54, 1.807) is 22.6 Å². The lowest BCUT2D eigenvalue weighted by Gasteiger charge is -2.28. The molecule has 0 aliphatic carbocycles. The van der Waals surface area contributed by atoms with Crippen LogP contribution in [0.3, 0.4) is 0 Å². The monoisotopic (exact) mass is 628 g/mol. The third-order valence-corrected chi connectivity index (χ3v) is 14.1. The molecule has 224 valence electrons. The lowest BCUT2D eigenvalue weighted by Crippen LogP contribution is -2.30. The minimum atomic E-state index is -3.77. The van der Waals surface area contributed by atoms with Gasteiger partial charge in [0.15, 0.2) is 7.14 Å². The molecule has 7 heteroatoms. The number of aromatic nitrogens is 1. The second kappa shape index (κ2) is 11.2. The van der Waals surface area contributed by atoms with E-state index in [0.717, 1.165) is 65.8 Å². The highest BCUT2D eigenvalue weighted by atomic mass is 32.2. The second-order valence-corrected chi connectivity index (χ2v) is 16.3. The van der Waals surface area contributed by atoms with Gasteiger partial charge in [-0.3, -0.25) is 4.98 Å². The third-order valence-electron chi connectivity index (χ3n) is 9.03. The number of rotatable bonds is 6. The topological polar surface area (TPSA) is 67.3 Å². The summed E-state index contributed by atoms with van der Waals surface area (Å²) >= 11 is 0. The van der Waals surface area contributed by atoms with Crippen molar-refractivity contribution in [2.45, 2.75) is 38.8 Å². The molecule has 0 bridgehead atoms. The van der Waals surface area contributed by atoms with E-state index in [-0.39, 0.29) is 18.0 Å². The van der Waals surface area contributed by atoms with Crippen LogP contribution in [-0.4, -0.2) is 17.7 Å². The molecule has 6 aromatic rings. The maximum absolute atomic E-state index is 16.1. The summed E-state index contributed by atoms with van der Waals surface area (Å²) in [6.07, 6.45) is 1.80. The van der Waals surface area contributed by atoms with Crippen LogP contribution in [0.1, 0.15) is 27.8 Å². The molecule has 1 aromatic heterocycles. The van der Waals surface area contributed by atoms with Crippen LogP contribution in [0.2, 0.25) is 0 Å². The average Bonchev–Trinajstić information content (AvgIpc) is 3.54. The van der Waals surface area contributed by atoms with Crippen molar-refractivity contribution in [3.63, 3.8) is 0 Å². The van der Waals surface area contributed by atoms with Crippen molar-refractivity contribution in [3.05, 3.63) is 149 Å². The fourth-order valence-corrected chi connectivity index (χ4v) is 11.2. The first-order valence-electron chi connectivity index (χ1n) is 15.0. The van der Waals surface area contributed by atoms with Crippen molar-refractivity contribution in [3.8, 4) is 11.3 Å². The van der Waals surface area contributed by atoms with E-state index in [9.17, 15) is 8.42 Å². The van der Waals surface area contributed by atoms with Crippen molar-refractivity contribution >= 4 is 43.9 Å². The maximum atomic E-state index is 16.1. The third kappa shape index (κ3) is 4.76. The molecule has 5 aromatic carbocycles. The van der Waals surface area contributed by atoms with Gasteiger partial charge in [-0.1, -0.05) is 103 Å². The molecule has 7 rings (SSSR count). The number of pyridine rings is 1. The second-order valence-electron chi connectivity index (χ2n) is 11.7. The molecule has 0 atom stereocenters. The summed E-state index contributed by atoms with van der Waals surface area (Å²) in [6.45, 7) is 6.41. The molecule has 0 saturated carbocycles. The van der Waals surface area contributed by atoms with Crippen LogP contribution in [-0.2, 0) is 27.7 Å². The molecule has 0 N–H and O–H groups in total. The molecule has 0 fully saturated rings. The van der Waals surface area contributed by atoms with E-state index in [2.05, 4.69) is 6.07 Å². The Morgan fingerprint density at radius 2 is 1.22 bits per heavy atom. The van der Waals surface area contributed by atoms with Crippen molar-refractivity contribution < 1.29 is 13.0 Å². The number of hydrogen-bond donors (Lipinski definition) is 0. The highest BCUT2D eigenvalue weighted by molar-refractivity contribution is 7.89. The number of aryl methyl sites for hydroxylation is 1. The van der Waals surface area contributed by atoms with Gasteiger partial charge in [0.25, 0.3) is 0 Å². The summed E-state index contributed by atoms with van der Waals surface area (Å²) in [4.78, 5) is 5.21. The van der Waals surface area contributed by atoms with E-state index in [1.165, 1.54) is 0 Å². The van der Waals surface area contributed by atoms with Gasteiger partial charge in [0, 0.05) is 46.1 Å². The predicted molar refractivity (Wildman–Crippen MR) is 184 cm³/mol. The Kier molecular flexibility index (Phi) is 7.32. The Labute approximate surface area is 264 Å². The first-order chi connectivity index (χ1) is 21.7. The minimum Gasteiger partial charge on any atom is -0.309 e. The Bertz CT molecular complexity index is 2190. The fourth-order valence-electron chi connectivity index (χ4n) is 6.66. The summed E-state index contributed by atoms with van der Waals surface area (Å²) in [7, 11) is -7.26. The Balaban J connectivity index is 1.55. The molecule has 1 aliphatic heterocycles. The van der Waals surface area contributed by atoms with E-state index in [1.807, 2.05) is 118 Å². The molecule has 0 radical (unpaired) electrons. The average molecular weight is 629 g/mol. The number of sulfonamides is 1. The zero-order valence-electron chi connectivity index (χ0n) is 25.4. The normalized spacial score (nSPS) is 13.7. The van der Waals surface area contributed by atoms with Gasteiger partial charge in [-0.2, -0.15) is 4.31 Å². The van der Waals surface area contributed by atoms with Gasteiger partial charge >= 0.3 is 0 Å². The van der Waals surface area contributed by atoms with Gasteiger partial charge < -0.3 is 4.57 Å². The summed E-state index contributed by atoms with van der Waals surface area (Å²) in [5.74, 6) is 0. The number of fused-ring (bicyclic) bond motifs is 2. The molecular formula is C38H33N2O3PS. The van der Waals surface area contributed by atoms with E-state index in [0.29, 0.717) is 0 Å². The fraction of sp³-hybridized carbons (Fsp3) is 0.132. The van der Waals surface area contributed by atoms with Crippen LogP contribution in [0.5, 0.6) is 0 Å². The summed E-state index contributed by atoms with van der Waals surface area (Å²) < 4.78 is 45.5. The van der Waals surface area contributed by atoms with Crippen LogP contribution in [0.4, 0.5) is 0 Å². The molecule has 45 heavy (non-hydrogen) atoms. The van der Waals surface area contributed by atoms with Gasteiger partial charge in [0.05, 0.1) is 10.6 Å². The Morgan fingerprint density at radius 1 is 0.667 bits per heavy atom. The number of hydrogen-bond acceptors (Lipinski definition) is 4. The minimum absolute atomic E-state index is 0.206. The van der Waals surface area contributed by atoms with Crippen molar-refractivity contribution in [2.24, 2.45) is 0 Å². The van der Waals surface area contributed by atoms with Crippen LogP contribution in [0.15, 0.2) is 126 Å². The van der Waals surface area contributed by atoms with Gasteiger partial charge in [-0.25, -0.2) is 8.42 Å². The molecular weight excluding hydrogens is 595 g/mol. The van der Waals surface area contributed by atoms with Gasteiger partial charge in [0.1, 0.15) is 0 Å². The lowest BCUT2D eigenvalue weighted by atomic mass is 9.91. The first-order valence-corrected chi connectivity index (χ1v) is 18.1. The molecule has 5 nitrogen and oxygen atoms in total. The van der Waals surface area contributed by atoms with Gasteiger partial charge in [-0.15, -0.1) is 0 Å². The zero-order chi connectivity index (χ0) is 31.3. The zero-order valence-corrected chi connectivity index (χ0v) is 27.1. The molecule has 0 spiro atoms. The first kappa shape index (κ1) is 29.4. The largest absolute Gasteiger partial charge is 0.309 e. The van der Waals surface area contributed by atoms with Gasteiger partial charge in [-0.05, 0) is 66.6 Å². The quantitative estimate of drug-likeness (QED) is 0.184. The number of nitrogens with zero attached hydrogens (tertiary/aromatic N) is 2. The van der Waals surface area contributed by atoms with Crippen LogP contribution >= 0.6 is 7.14 Å². The smallest absolute Gasteiger partial charge is 0.243 e. The standard InChI is InChI=1S/C38H33N2O3PS/c1-26-18-20-32(21-19-26)45(42,43)40-24-34-27(2)36(37-33-17-11-10-12-29(33)22-23-39-37)38(28(3)35(34)25-40)44(41,30-13-6-4-7-14-30)31-15-8-5-9-16-31/h4-23H,24-25H2,1-3H3. The van der Waals surface area contributed by atoms with Gasteiger partial charge in [0.2, 0.25) is 10.0 Å². The van der Waals surface area contributed by atoms with Crippen molar-refractivity contribution in [1.82, 2.24) is 9.29 Å². The van der Waals surface area contributed by atoms with Crippen molar-refractivity contribution in [1.29, 1.82) is 0 Å². The Hall–Kier alpha value is -4.35. The summed E-state index contributed by atoms with van der Waals surface area (Å²) in [5, 5.41) is 4.15. The van der Waals surface area contributed by atoms with E-state index < -0.39 is 17.2 Å². The van der Waals surface area contributed by atoms with Crippen molar-refractivity contribution in [2.75, 3.05) is 0 Å². The SMILES string of the molecule is Cc1ccc(S(=O)(=O)N2Cc3c(C)c(-c4nccc5ccccc45)c(P(=O)(c4ccccc4)c4ccccc4)c(C)c3C2)cc1. The number of benzene rings is 5. The highest BCUT2D eigenvalue weighted by Crippen LogP contribution is 2.50. The maximum Gasteiger partial charge on any atom is 0.243 e. The van der Waals surface area contributed by atoms with E-state index in [4.69, 9.17) is 4.98 Å². The van der Waals surface area contributed by atoms with E-state index >= 15 is 4.57 Å². The van der Waals surface area contributed by atoms with Crippen LogP contribution in [0, 0.1) is 20.8 Å². The molecule has 0 amide bonds. The Morgan fingerprint density at radius 3 is 1.84 bits per heavy atom. The molecule has 2 heterocycles. The predicted octanol–water partition coefficient (Wildman–Crippen LogP) is 7.17. The summed E-state index contributed by atoms with van der Waals surface area (Å²) in [5.41, 5.74) is 6.17. The molecule has 0 unspecified atom stereocenters. The van der Waals surface area contributed by atoms with Crippen LogP contribution in [0.25, 0.3) is 22.0 Å². The molecule has 0 saturated heterocycles. The van der Waals surface area contributed by atoms with Crippen LogP contribution < -0.4 is 15.9 Å².